The number of carbonyl (C=O) groups is 4. The summed E-state index contributed by atoms with van der Waals surface area (Å²) in [6.07, 6.45) is 64.4. The number of hydrogen-bond donors (Lipinski definition) is 3. The predicted octanol–water partition coefficient (Wildman–Crippen LogP) is 23.2. The maximum absolute atomic E-state index is 13.1. The molecule has 0 rings (SSSR count). The number of ether oxygens (including phenoxy) is 4. The zero-order valence-corrected chi connectivity index (χ0v) is 65.2. The molecule has 0 amide bonds. The molecule has 0 aliphatic rings. The van der Waals surface area contributed by atoms with Crippen molar-refractivity contribution in [2.24, 2.45) is 5.92 Å². The van der Waals surface area contributed by atoms with Crippen LogP contribution in [0.5, 0.6) is 0 Å². The van der Waals surface area contributed by atoms with Gasteiger partial charge in [-0.15, -0.1) is 0 Å². The van der Waals surface area contributed by atoms with Gasteiger partial charge in [-0.3, -0.25) is 37.3 Å². The fourth-order valence-corrected chi connectivity index (χ4v) is 13.3. The van der Waals surface area contributed by atoms with E-state index in [4.69, 9.17) is 37.0 Å². The highest BCUT2D eigenvalue weighted by molar-refractivity contribution is 7.47. The van der Waals surface area contributed by atoms with Crippen LogP contribution in [0.25, 0.3) is 0 Å². The van der Waals surface area contributed by atoms with Crippen molar-refractivity contribution in [1.82, 2.24) is 0 Å². The molecule has 19 heteroatoms. The molecule has 0 aromatic carbocycles. The molecule has 0 aromatic rings. The van der Waals surface area contributed by atoms with Gasteiger partial charge in [-0.1, -0.05) is 341 Å². The molecule has 3 N–H and O–H groups in total. The lowest BCUT2D eigenvalue weighted by molar-refractivity contribution is -0.161. The molecule has 17 nitrogen and oxygen atoms in total. The van der Waals surface area contributed by atoms with Crippen molar-refractivity contribution in [2.45, 2.75) is 412 Å². The predicted molar refractivity (Wildman–Crippen MR) is 400 cm³/mol. The van der Waals surface area contributed by atoms with Crippen LogP contribution < -0.4 is 0 Å². The lowest BCUT2D eigenvalue weighted by Gasteiger charge is -2.21. The minimum atomic E-state index is -4.97. The Kier molecular flexibility index (Phi) is 69.7. The number of aliphatic hydroxyl groups excluding tert-OH is 1. The minimum absolute atomic E-state index is 0.101. The van der Waals surface area contributed by atoms with Gasteiger partial charge in [0.05, 0.1) is 26.4 Å². The molecule has 0 saturated heterocycles. The summed E-state index contributed by atoms with van der Waals surface area (Å²) in [6, 6.07) is 0. The van der Waals surface area contributed by atoms with E-state index in [-0.39, 0.29) is 25.7 Å². The molecule has 0 radical (unpaired) electrons. The van der Waals surface area contributed by atoms with Crippen molar-refractivity contribution in [2.75, 3.05) is 39.6 Å². The zero-order chi connectivity index (χ0) is 71.9. The molecule has 0 aliphatic heterocycles. The number of esters is 4. The molecule has 0 bridgehead atoms. The highest BCUT2D eigenvalue weighted by Gasteiger charge is 2.30. The lowest BCUT2D eigenvalue weighted by atomic mass is 10.0. The number of aliphatic hydroxyl groups is 1. The van der Waals surface area contributed by atoms with Crippen LogP contribution in [-0.4, -0.2) is 96.7 Å². The maximum Gasteiger partial charge on any atom is 0.472 e. The Morgan fingerprint density at radius 3 is 0.837 bits per heavy atom. The first-order valence-corrected chi connectivity index (χ1v) is 43.4. The van der Waals surface area contributed by atoms with Crippen LogP contribution >= 0.6 is 15.6 Å². The standard InChI is InChI=1S/C79H150O17P2/c1-6-9-12-15-18-21-24-27-29-33-38-43-48-53-58-63-77(82)90-69-75(96-79(84)65-60-55-50-45-40-35-31-32-36-41-46-51-56-61-72(4)5)71-94-98(87,88)92-67-73(80)66-91-97(85,86)93-70-74(68-89-76(81)62-57-52-47-42-37-26-23-20-17-14-11-8-3)95-78(83)64-59-54-49-44-39-34-30-28-25-22-19-16-13-10-7-2/h21,24,27,29,72-75,80H,6-20,22-23,25-26,28,30-71H2,1-5H3,(H,85,86)(H,87,88)/b24-21-,29-27-/t73-,74+,75+/m0/s1. The second-order valence-electron chi connectivity index (χ2n) is 28.2. The smallest absolute Gasteiger partial charge is 0.462 e. The van der Waals surface area contributed by atoms with E-state index in [0.717, 1.165) is 115 Å². The Bertz CT molecular complexity index is 1970. The molecule has 98 heavy (non-hydrogen) atoms. The first-order valence-electron chi connectivity index (χ1n) is 40.5. The average molecular weight is 1430 g/mol. The Balaban J connectivity index is 5.30. The van der Waals surface area contributed by atoms with Crippen LogP contribution in [0.2, 0.25) is 0 Å². The van der Waals surface area contributed by atoms with Crippen LogP contribution in [0.15, 0.2) is 24.3 Å². The molecule has 0 aliphatic carbocycles. The quantitative estimate of drug-likeness (QED) is 0.0169. The van der Waals surface area contributed by atoms with E-state index in [9.17, 15) is 43.2 Å². The first-order chi connectivity index (χ1) is 47.5. The van der Waals surface area contributed by atoms with Crippen LogP contribution in [0.3, 0.4) is 0 Å². The number of phosphoric ester groups is 2. The van der Waals surface area contributed by atoms with Crippen LogP contribution in [0.4, 0.5) is 0 Å². The van der Waals surface area contributed by atoms with Gasteiger partial charge in [0.15, 0.2) is 12.2 Å². The second kappa shape index (κ2) is 71.5. The third-order valence-electron chi connectivity index (χ3n) is 17.9. The summed E-state index contributed by atoms with van der Waals surface area (Å²) >= 11 is 0. The Morgan fingerprint density at radius 2 is 0.551 bits per heavy atom. The van der Waals surface area contributed by atoms with E-state index in [1.165, 1.54) is 199 Å². The van der Waals surface area contributed by atoms with Gasteiger partial charge in [-0.25, -0.2) is 9.13 Å². The molecular formula is C79H150O17P2. The highest BCUT2D eigenvalue weighted by atomic mass is 31.2. The topological polar surface area (TPSA) is 237 Å². The third-order valence-corrected chi connectivity index (χ3v) is 19.8. The van der Waals surface area contributed by atoms with Crippen LogP contribution in [0, 0.1) is 5.92 Å². The molecule has 0 heterocycles. The van der Waals surface area contributed by atoms with Crippen molar-refractivity contribution in [3.63, 3.8) is 0 Å². The summed E-state index contributed by atoms with van der Waals surface area (Å²) in [4.78, 5) is 73.0. The summed E-state index contributed by atoms with van der Waals surface area (Å²) in [5.41, 5.74) is 0. The number of carbonyl (C=O) groups excluding carboxylic acids is 4. The van der Waals surface area contributed by atoms with E-state index in [1.54, 1.807) is 0 Å². The van der Waals surface area contributed by atoms with Gasteiger partial charge in [0.1, 0.15) is 19.3 Å². The summed E-state index contributed by atoms with van der Waals surface area (Å²) in [6.45, 7) is 7.27. The van der Waals surface area contributed by atoms with E-state index < -0.39 is 97.5 Å². The van der Waals surface area contributed by atoms with E-state index in [1.807, 2.05) is 0 Å². The molecule has 0 aromatic heterocycles. The fraction of sp³-hybridized carbons (Fsp3) is 0.899. The van der Waals surface area contributed by atoms with Gasteiger partial charge in [-0.2, -0.15) is 0 Å². The number of allylic oxidation sites excluding steroid dienone is 4. The van der Waals surface area contributed by atoms with Crippen LogP contribution in [0.1, 0.15) is 394 Å². The molecular weight excluding hydrogens is 1280 g/mol. The largest absolute Gasteiger partial charge is 0.472 e. The van der Waals surface area contributed by atoms with Crippen molar-refractivity contribution in [3.05, 3.63) is 24.3 Å². The number of hydrogen-bond acceptors (Lipinski definition) is 15. The summed E-state index contributed by atoms with van der Waals surface area (Å²) in [5, 5.41) is 10.6. The van der Waals surface area contributed by atoms with Crippen LogP contribution in [-0.2, 0) is 65.4 Å². The van der Waals surface area contributed by atoms with Gasteiger partial charge in [0.25, 0.3) is 0 Å². The fourth-order valence-electron chi connectivity index (χ4n) is 11.7. The van der Waals surface area contributed by atoms with Crippen molar-refractivity contribution >= 4 is 39.5 Å². The summed E-state index contributed by atoms with van der Waals surface area (Å²) in [5.74, 6) is -1.35. The van der Waals surface area contributed by atoms with Gasteiger partial charge in [0, 0.05) is 25.7 Å². The van der Waals surface area contributed by atoms with E-state index in [0.29, 0.717) is 25.7 Å². The number of phosphoric acid groups is 2. The van der Waals surface area contributed by atoms with Gasteiger partial charge < -0.3 is 33.8 Å². The Hall–Kier alpha value is -2.46. The van der Waals surface area contributed by atoms with Crippen molar-refractivity contribution < 1.29 is 80.2 Å². The maximum atomic E-state index is 13.1. The van der Waals surface area contributed by atoms with Gasteiger partial charge in [-0.05, 0) is 57.3 Å². The van der Waals surface area contributed by atoms with Crippen molar-refractivity contribution in [1.29, 1.82) is 0 Å². The molecule has 0 spiro atoms. The molecule has 578 valence electrons. The van der Waals surface area contributed by atoms with Crippen molar-refractivity contribution in [3.8, 4) is 0 Å². The summed E-state index contributed by atoms with van der Waals surface area (Å²) < 4.78 is 68.6. The summed E-state index contributed by atoms with van der Waals surface area (Å²) in [7, 11) is -9.93. The molecule has 0 saturated carbocycles. The average Bonchev–Trinajstić information content (AvgIpc) is 2.20. The zero-order valence-electron chi connectivity index (χ0n) is 63.4. The first kappa shape index (κ1) is 95.5. The molecule has 5 atom stereocenters. The lowest BCUT2D eigenvalue weighted by Crippen LogP contribution is -2.30. The highest BCUT2D eigenvalue weighted by Crippen LogP contribution is 2.45. The molecule has 0 fully saturated rings. The minimum Gasteiger partial charge on any atom is -0.462 e. The number of unbranched alkanes of at least 4 members (excludes halogenated alkanes) is 46. The monoisotopic (exact) mass is 1430 g/mol. The number of rotatable bonds is 77. The second-order valence-corrected chi connectivity index (χ2v) is 31.2. The van der Waals surface area contributed by atoms with Gasteiger partial charge in [0.2, 0.25) is 0 Å². The normalized spacial score (nSPS) is 14.1. The Morgan fingerprint density at radius 1 is 0.316 bits per heavy atom. The third kappa shape index (κ3) is 71.9. The SMILES string of the molecule is CCCCCC/C=C\C=C/CCCCCCCC(=O)OC[C@H](COP(=O)(O)OC[C@@H](O)COP(=O)(O)OC[C@@H](COC(=O)CCCCCCCCCCCCCC)OC(=O)CCCCCCCCCCCCCCCCC)OC(=O)CCCCCCCCCCCCCCCC(C)C. The van der Waals surface area contributed by atoms with E-state index in [2.05, 4.69) is 58.9 Å². The van der Waals surface area contributed by atoms with E-state index >= 15 is 0 Å². The Labute approximate surface area is 599 Å². The van der Waals surface area contributed by atoms with Gasteiger partial charge >= 0.3 is 39.5 Å². The molecule has 2 unspecified atom stereocenters.